The van der Waals surface area contributed by atoms with Gasteiger partial charge in [0.1, 0.15) is 0 Å². The van der Waals surface area contributed by atoms with Crippen LogP contribution in [0.25, 0.3) is 11.0 Å². The number of aromatic amines is 1. The number of H-pyrrole nitrogens is 1. The molecule has 70 valence electrons. The number of hydrogen-bond acceptors (Lipinski definition) is 4. The second kappa shape index (κ2) is 2.91. The van der Waals surface area contributed by atoms with Gasteiger partial charge >= 0.3 is 11.2 Å². The van der Waals surface area contributed by atoms with E-state index in [-0.39, 0.29) is 0 Å². The van der Waals surface area contributed by atoms with Crippen molar-refractivity contribution in [3.05, 3.63) is 44.9 Å². The summed E-state index contributed by atoms with van der Waals surface area (Å²) in [6, 6.07) is 4.44. The van der Waals surface area contributed by atoms with Crippen molar-refractivity contribution in [2.24, 2.45) is 0 Å². The Hall–Kier alpha value is -2.24. The summed E-state index contributed by atoms with van der Waals surface area (Å²) in [5, 5.41) is 10.4. The lowest BCUT2D eigenvalue weighted by atomic mass is 10.3. The lowest BCUT2D eigenvalue weighted by Crippen LogP contribution is -2.11. The molecule has 2 rings (SSSR count). The standard InChI is InChI=1S/C8H5N3O3/c12-8-7(11(13)14)4-6-5(10-8)2-1-3-9-6/h1-4H,(H,10,12). The third kappa shape index (κ3) is 1.22. The Labute approximate surface area is 77.4 Å². The highest BCUT2D eigenvalue weighted by molar-refractivity contribution is 5.75. The van der Waals surface area contributed by atoms with Crippen molar-refractivity contribution in [2.75, 3.05) is 0 Å². The first-order valence-electron chi connectivity index (χ1n) is 3.81. The molecule has 6 heteroatoms. The van der Waals surface area contributed by atoms with Crippen molar-refractivity contribution < 1.29 is 4.92 Å². The van der Waals surface area contributed by atoms with Gasteiger partial charge in [0.15, 0.2) is 0 Å². The van der Waals surface area contributed by atoms with Crippen molar-refractivity contribution in [1.82, 2.24) is 9.97 Å². The van der Waals surface area contributed by atoms with E-state index in [0.29, 0.717) is 11.0 Å². The van der Waals surface area contributed by atoms with Gasteiger partial charge in [0.25, 0.3) is 0 Å². The molecule has 0 unspecified atom stereocenters. The molecule has 0 radical (unpaired) electrons. The van der Waals surface area contributed by atoms with Gasteiger partial charge in [-0.05, 0) is 12.1 Å². The molecule has 0 aliphatic heterocycles. The normalized spacial score (nSPS) is 10.3. The number of fused-ring (bicyclic) bond motifs is 1. The van der Waals surface area contributed by atoms with Crippen LogP contribution in [0.15, 0.2) is 29.2 Å². The van der Waals surface area contributed by atoms with Crippen molar-refractivity contribution in [1.29, 1.82) is 0 Å². The molecule has 1 N–H and O–H groups in total. The van der Waals surface area contributed by atoms with Crippen LogP contribution in [0.1, 0.15) is 0 Å². The molecule has 0 spiro atoms. The van der Waals surface area contributed by atoms with Crippen molar-refractivity contribution in [3.8, 4) is 0 Å². The minimum atomic E-state index is -0.729. The first kappa shape index (κ1) is 8.36. The molecule has 0 amide bonds. The van der Waals surface area contributed by atoms with Crippen LogP contribution in [-0.2, 0) is 0 Å². The molecule has 6 nitrogen and oxygen atoms in total. The van der Waals surface area contributed by atoms with E-state index in [2.05, 4.69) is 9.97 Å². The molecule has 14 heavy (non-hydrogen) atoms. The summed E-state index contributed by atoms with van der Waals surface area (Å²) in [5.74, 6) is 0. The SMILES string of the molecule is O=c1[nH]c2cccnc2cc1[N+](=O)[O-]. The third-order valence-corrected chi connectivity index (χ3v) is 1.79. The van der Waals surface area contributed by atoms with Crippen molar-refractivity contribution in [2.45, 2.75) is 0 Å². The molecule has 0 fully saturated rings. The van der Waals surface area contributed by atoms with Crippen LogP contribution in [0.4, 0.5) is 5.69 Å². The molecule has 2 aromatic heterocycles. The lowest BCUT2D eigenvalue weighted by molar-refractivity contribution is -0.386. The van der Waals surface area contributed by atoms with Crippen molar-refractivity contribution in [3.63, 3.8) is 0 Å². The first-order chi connectivity index (χ1) is 6.68. The van der Waals surface area contributed by atoms with E-state index < -0.39 is 16.2 Å². The minimum Gasteiger partial charge on any atom is -0.315 e. The number of hydrogen-bond donors (Lipinski definition) is 1. The topological polar surface area (TPSA) is 88.9 Å². The van der Waals surface area contributed by atoms with E-state index in [1.54, 1.807) is 12.1 Å². The van der Waals surface area contributed by atoms with Crippen LogP contribution in [-0.4, -0.2) is 14.9 Å². The smallest absolute Gasteiger partial charge is 0.315 e. The van der Waals surface area contributed by atoms with Gasteiger partial charge in [-0.1, -0.05) is 0 Å². The Bertz CT molecular complexity index is 561. The van der Waals surface area contributed by atoms with Crippen LogP contribution < -0.4 is 5.56 Å². The van der Waals surface area contributed by atoms with Gasteiger partial charge in [-0.25, -0.2) is 0 Å². The zero-order chi connectivity index (χ0) is 10.1. The summed E-state index contributed by atoms with van der Waals surface area (Å²) >= 11 is 0. The van der Waals surface area contributed by atoms with Crippen LogP contribution >= 0.6 is 0 Å². The van der Waals surface area contributed by atoms with E-state index >= 15 is 0 Å². The highest BCUT2D eigenvalue weighted by atomic mass is 16.6. The van der Waals surface area contributed by atoms with Crippen LogP contribution in [0.3, 0.4) is 0 Å². The predicted octanol–water partition coefficient (Wildman–Crippen LogP) is 0.831. The van der Waals surface area contributed by atoms with E-state index in [9.17, 15) is 14.9 Å². The maximum atomic E-state index is 11.1. The van der Waals surface area contributed by atoms with E-state index in [4.69, 9.17) is 0 Å². The average molecular weight is 191 g/mol. The van der Waals surface area contributed by atoms with E-state index in [1.807, 2.05) is 0 Å². The molecule has 0 aromatic carbocycles. The summed E-state index contributed by atoms with van der Waals surface area (Å²) in [5.41, 5.74) is -0.311. The maximum absolute atomic E-state index is 11.1. The Morgan fingerprint density at radius 2 is 2.29 bits per heavy atom. The summed E-state index contributed by atoms with van der Waals surface area (Å²) in [6.45, 7) is 0. The van der Waals surface area contributed by atoms with Gasteiger partial charge in [0.05, 0.1) is 16.0 Å². The fraction of sp³-hybridized carbons (Fsp3) is 0. The van der Waals surface area contributed by atoms with Crippen molar-refractivity contribution >= 4 is 16.7 Å². The van der Waals surface area contributed by atoms with Gasteiger partial charge in [-0.3, -0.25) is 19.9 Å². The number of rotatable bonds is 1. The largest absolute Gasteiger partial charge is 0.336 e. The zero-order valence-corrected chi connectivity index (χ0v) is 6.93. The molecule has 2 aromatic rings. The second-order valence-corrected chi connectivity index (χ2v) is 2.68. The quantitative estimate of drug-likeness (QED) is 0.534. The zero-order valence-electron chi connectivity index (χ0n) is 6.93. The Morgan fingerprint density at radius 1 is 1.50 bits per heavy atom. The average Bonchev–Trinajstić information content (AvgIpc) is 2.16. The Morgan fingerprint density at radius 3 is 3.00 bits per heavy atom. The van der Waals surface area contributed by atoms with E-state index in [0.717, 1.165) is 6.07 Å². The molecule has 0 saturated carbocycles. The molecule has 0 bridgehead atoms. The summed E-state index contributed by atoms with van der Waals surface area (Å²) in [7, 11) is 0. The van der Waals surface area contributed by atoms with Gasteiger partial charge < -0.3 is 4.98 Å². The third-order valence-electron chi connectivity index (χ3n) is 1.79. The van der Waals surface area contributed by atoms with Crippen LogP contribution in [0.5, 0.6) is 0 Å². The summed E-state index contributed by atoms with van der Waals surface area (Å²) < 4.78 is 0. The Balaban J connectivity index is 2.84. The molecule has 0 aliphatic carbocycles. The number of aromatic nitrogens is 2. The fourth-order valence-electron chi connectivity index (χ4n) is 1.16. The number of pyridine rings is 2. The highest BCUT2D eigenvalue weighted by Crippen LogP contribution is 2.10. The van der Waals surface area contributed by atoms with Gasteiger partial charge in [-0.15, -0.1) is 0 Å². The molecule has 0 saturated heterocycles. The molecular weight excluding hydrogens is 186 g/mol. The second-order valence-electron chi connectivity index (χ2n) is 2.68. The molecule has 2 heterocycles. The Kier molecular flexibility index (Phi) is 1.74. The minimum absolute atomic E-state index is 0.402. The molecule has 0 aliphatic rings. The van der Waals surface area contributed by atoms with Crippen LogP contribution in [0.2, 0.25) is 0 Å². The summed E-state index contributed by atoms with van der Waals surface area (Å²) in [4.78, 5) is 27.1. The van der Waals surface area contributed by atoms with Gasteiger partial charge in [-0.2, -0.15) is 0 Å². The number of nitrogens with zero attached hydrogens (tertiary/aromatic N) is 2. The van der Waals surface area contributed by atoms with Crippen LogP contribution in [0, 0.1) is 10.1 Å². The summed E-state index contributed by atoms with van der Waals surface area (Å²) in [6.07, 6.45) is 1.50. The number of nitrogens with one attached hydrogen (secondary N) is 1. The van der Waals surface area contributed by atoms with Gasteiger partial charge in [0, 0.05) is 12.3 Å². The lowest BCUT2D eigenvalue weighted by Gasteiger charge is -1.95. The predicted molar refractivity (Wildman–Crippen MR) is 49.0 cm³/mol. The highest BCUT2D eigenvalue weighted by Gasteiger charge is 2.12. The molecule has 0 atom stereocenters. The first-order valence-corrected chi connectivity index (χ1v) is 3.81. The van der Waals surface area contributed by atoms with Gasteiger partial charge in [0.2, 0.25) is 0 Å². The maximum Gasteiger partial charge on any atom is 0.336 e. The van der Waals surface area contributed by atoms with E-state index in [1.165, 1.54) is 6.20 Å². The fourth-order valence-corrected chi connectivity index (χ4v) is 1.16. The monoisotopic (exact) mass is 191 g/mol. The number of nitro groups is 1. The molecular formula is C8H5N3O3.